The Morgan fingerprint density at radius 2 is 1.74 bits per heavy atom. The number of hydrogen-bond donors (Lipinski definition) is 0. The normalized spacial score (nSPS) is 10.6. The monoisotopic (exact) mass is 383 g/mol. The first kappa shape index (κ1) is 19.0. The van der Waals surface area contributed by atoms with Crippen LogP contribution >= 0.6 is 11.8 Å². The third-order valence-electron chi connectivity index (χ3n) is 3.70. The van der Waals surface area contributed by atoms with E-state index in [1.807, 2.05) is 66.1 Å². The van der Waals surface area contributed by atoms with Gasteiger partial charge in [-0.3, -0.25) is 9.36 Å². The molecule has 0 saturated heterocycles. The van der Waals surface area contributed by atoms with E-state index in [2.05, 4.69) is 10.2 Å². The highest BCUT2D eigenvalue weighted by Gasteiger charge is 2.17. The van der Waals surface area contributed by atoms with Crippen LogP contribution < -0.4 is 4.74 Å². The van der Waals surface area contributed by atoms with E-state index in [-0.39, 0.29) is 11.7 Å². The summed E-state index contributed by atoms with van der Waals surface area (Å²) in [5, 5.41) is 9.28. The first-order valence-corrected chi connectivity index (χ1v) is 9.74. The molecule has 27 heavy (non-hydrogen) atoms. The van der Waals surface area contributed by atoms with E-state index in [0.717, 1.165) is 17.0 Å². The van der Waals surface area contributed by atoms with Gasteiger partial charge in [0.25, 0.3) is 0 Å². The Labute approximate surface area is 162 Å². The lowest BCUT2D eigenvalue weighted by Crippen LogP contribution is -2.08. The molecule has 0 aliphatic carbocycles. The van der Waals surface area contributed by atoms with Gasteiger partial charge in [-0.1, -0.05) is 42.1 Å². The fourth-order valence-corrected chi connectivity index (χ4v) is 3.30. The topological polar surface area (TPSA) is 66.2 Å². The maximum absolute atomic E-state index is 11.7. The van der Waals surface area contributed by atoms with E-state index in [9.17, 15) is 4.79 Å². The number of nitrogens with zero attached hydrogens (tertiary/aromatic N) is 3. The molecule has 0 N–H and O–H groups in total. The molecule has 0 saturated carbocycles. The SMILES string of the molecule is CCOC(=O)CSc1nnc(-c2ccccc2)n1-c1ccc(OCC)cc1. The van der Waals surface area contributed by atoms with Gasteiger partial charge in [-0.05, 0) is 38.1 Å². The van der Waals surface area contributed by atoms with E-state index >= 15 is 0 Å². The number of rotatable bonds is 8. The highest BCUT2D eigenvalue weighted by atomic mass is 32.2. The van der Waals surface area contributed by atoms with Gasteiger partial charge in [0, 0.05) is 11.3 Å². The number of benzene rings is 2. The Hall–Kier alpha value is -2.80. The third kappa shape index (κ3) is 4.68. The van der Waals surface area contributed by atoms with Gasteiger partial charge < -0.3 is 9.47 Å². The Balaban J connectivity index is 1.96. The molecule has 0 aliphatic heterocycles. The third-order valence-corrected chi connectivity index (χ3v) is 4.60. The summed E-state index contributed by atoms with van der Waals surface area (Å²) in [7, 11) is 0. The molecule has 3 aromatic rings. The summed E-state index contributed by atoms with van der Waals surface area (Å²) in [4.78, 5) is 11.7. The molecule has 140 valence electrons. The van der Waals surface area contributed by atoms with Gasteiger partial charge in [0.05, 0.1) is 19.0 Å². The highest BCUT2D eigenvalue weighted by molar-refractivity contribution is 7.99. The summed E-state index contributed by atoms with van der Waals surface area (Å²) >= 11 is 1.30. The molecule has 2 aromatic carbocycles. The molecule has 0 fully saturated rings. The summed E-state index contributed by atoms with van der Waals surface area (Å²) in [6.45, 7) is 4.71. The summed E-state index contributed by atoms with van der Waals surface area (Å²) in [5.74, 6) is 1.42. The average Bonchev–Trinajstić information content (AvgIpc) is 3.12. The lowest BCUT2D eigenvalue weighted by molar-refractivity contribution is -0.139. The van der Waals surface area contributed by atoms with Gasteiger partial charge >= 0.3 is 5.97 Å². The maximum atomic E-state index is 11.7. The van der Waals surface area contributed by atoms with Crippen molar-refractivity contribution in [3.8, 4) is 22.8 Å². The number of thioether (sulfide) groups is 1. The number of hydrogen-bond acceptors (Lipinski definition) is 6. The molecule has 3 rings (SSSR count). The average molecular weight is 383 g/mol. The van der Waals surface area contributed by atoms with E-state index in [1.165, 1.54) is 11.8 Å². The predicted molar refractivity (Wildman–Crippen MR) is 105 cm³/mol. The van der Waals surface area contributed by atoms with Crippen LogP contribution in [0.2, 0.25) is 0 Å². The van der Waals surface area contributed by atoms with Crippen molar-refractivity contribution < 1.29 is 14.3 Å². The van der Waals surface area contributed by atoms with E-state index in [4.69, 9.17) is 9.47 Å². The zero-order valence-electron chi connectivity index (χ0n) is 15.3. The van der Waals surface area contributed by atoms with Crippen molar-refractivity contribution in [2.45, 2.75) is 19.0 Å². The summed E-state index contributed by atoms with van der Waals surface area (Å²) in [5.41, 5.74) is 1.84. The fraction of sp³-hybridized carbons (Fsp3) is 0.250. The van der Waals surface area contributed by atoms with Crippen LogP contribution in [-0.2, 0) is 9.53 Å². The van der Waals surface area contributed by atoms with Crippen LogP contribution in [0.15, 0.2) is 59.8 Å². The first-order chi connectivity index (χ1) is 13.2. The zero-order valence-corrected chi connectivity index (χ0v) is 16.1. The number of carbonyl (C=O) groups excluding carboxylic acids is 1. The molecule has 0 amide bonds. The highest BCUT2D eigenvalue weighted by Crippen LogP contribution is 2.28. The molecule has 6 nitrogen and oxygen atoms in total. The van der Waals surface area contributed by atoms with Crippen molar-refractivity contribution in [1.29, 1.82) is 0 Å². The predicted octanol–water partition coefficient (Wildman–Crippen LogP) is 3.99. The quantitative estimate of drug-likeness (QED) is 0.433. The molecule has 0 spiro atoms. The molecule has 7 heteroatoms. The molecular formula is C20H21N3O3S. The van der Waals surface area contributed by atoms with Gasteiger partial charge in [0.15, 0.2) is 11.0 Å². The smallest absolute Gasteiger partial charge is 0.316 e. The van der Waals surface area contributed by atoms with Crippen molar-refractivity contribution in [2.24, 2.45) is 0 Å². The van der Waals surface area contributed by atoms with Gasteiger partial charge in [-0.15, -0.1) is 10.2 Å². The van der Waals surface area contributed by atoms with Crippen LogP contribution in [0.1, 0.15) is 13.8 Å². The first-order valence-electron chi connectivity index (χ1n) is 8.75. The van der Waals surface area contributed by atoms with E-state index < -0.39 is 0 Å². The molecule has 0 radical (unpaired) electrons. The minimum Gasteiger partial charge on any atom is -0.494 e. The van der Waals surface area contributed by atoms with Gasteiger partial charge in [-0.25, -0.2) is 0 Å². The Morgan fingerprint density at radius 1 is 1.00 bits per heavy atom. The van der Waals surface area contributed by atoms with Crippen molar-refractivity contribution >= 4 is 17.7 Å². The lowest BCUT2D eigenvalue weighted by Gasteiger charge is -2.11. The van der Waals surface area contributed by atoms with Crippen molar-refractivity contribution in [1.82, 2.24) is 14.8 Å². The second-order valence-electron chi connectivity index (χ2n) is 5.53. The van der Waals surface area contributed by atoms with Crippen molar-refractivity contribution in [2.75, 3.05) is 19.0 Å². The largest absolute Gasteiger partial charge is 0.494 e. The molecule has 0 bridgehead atoms. The Bertz CT molecular complexity index is 879. The summed E-state index contributed by atoms with van der Waals surface area (Å²) in [6.07, 6.45) is 0. The molecule has 1 aromatic heterocycles. The number of carbonyl (C=O) groups is 1. The number of esters is 1. The Morgan fingerprint density at radius 3 is 2.41 bits per heavy atom. The molecule has 0 unspecified atom stereocenters. The van der Waals surface area contributed by atoms with E-state index in [1.54, 1.807) is 6.92 Å². The van der Waals surface area contributed by atoms with Gasteiger partial charge in [0.2, 0.25) is 0 Å². The maximum Gasteiger partial charge on any atom is 0.316 e. The standard InChI is InChI=1S/C20H21N3O3S/c1-3-25-17-12-10-16(11-13-17)23-19(15-8-6-5-7-9-15)21-22-20(23)27-14-18(24)26-4-2/h5-13H,3-4,14H2,1-2H3. The van der Waals surface area contributed by atoms with Crippen LogP contribution in [0.5, 0.6) is 5.75 Å². The fourth-order valence-electron chi connectivity index (χ4n) is 2.55. The molecule has 0 aliphatic rings. The minimum absolute atomic E-state index is 0.178. The summed E-state index contributed by atoms with van der Waals surface area (Å²) < 4.78 is 12.5. The Kier molecular flexibility index (Phi) is 6.49. The van der Waals surface area contributed by atoms with Crippen LogP contribution in [0, 0.1) is 0 Å². The van der Waals surface area contributed by atoms with Crippen LogP contribution in [0.4, 0.5) is 0 Å². The van der Waals surface area contributed by atoms with Gasteiger partial charge in [-0.2, -0.15) is 0 Å². The van der Waals surface area contributed by atoms with E-state index in [0.29, 0.717) is 24.2 Å². The van der Waals surface area contributed by atoms with Crippen LogP contribution in [-0.4, -0.2) is 39.7 Å². The molecular weight excluding hydrogens is 362 g/mol. The van der Waals surface area contributed by atoms with Crippen LogP contribution in [0.25, 0.3) is 17.1 Å². The molecule has 1 heterocycles. The van der Waals surface area contributed by atoms with Crippen molar-refractivity contribution in [3.05, 3.63) is 54.6 Å². The second kappa shape index (κ2) is 9.23. The molecule has 0 atom stereocenters. The minimum atomic E-state index is -0.273. The lowest BCUT2D eigenvalue weighted by atomic mass is 10.2. The summed E-state index contributed by atoms with van der Waals surface area (Å²) in [6, 6.07) is 17.6. The number of ether oxygens (including phenoxy) is 2. The number of aromatic nitrogens is 3. The second-order valence-corrected chi connectivity index (χ2v) is 6.47. The van der Waals surface area contributed by atoms with Crippen molar-refractivity contribution in [3.63, 3.8) is 0 Å². The zero-order chi connectivity index (χ0) is 19.1. The van der Waals surface area contributed by atoms with Crippen LogP contribution in [0.3, 0.4) is 0 Å². The van der Waals surface area contributed by atoms with Gasteiger partial charge in [0.1, 0.15) is 5.75 Å².